The summed E-state index contributed by atoms with van der Waals surface area (Å²) < 4.78 is 0. The predicted octanol–water partition coefficient (Wildman–Crippen LogP) is 3.26. The monoisotopic (exact) mass is 281 g/mol. The standard InChI is InChI=1S/C17H31NO2/c1-17(2)9-3-4-14(11-17)10-16(20)18-15-7-5-13(12-19)6-8-15/h13-15,19H,3-12H2,1-2H3,(H,18,20). The minimum Gasteiger partial charge on any atom is -0.396 e. The highest BCUT2D eigenvalue weighted by Gasteiger charge is 2.30. The van der Waals surface area contributed by atoms with Crippen LogP contribution in [0.4, 0.5) is 0 Å². The Kier molecular flexibility index (Phi) is 5.48. The lowest BCUT2D eigenvalue weighted by molar-refractivity contribution is -0.123. The van der Waals surface area contributed by atoms with Gasteiger partial charge in [0.1, 0.15) is 0 Å². The Hall–Kier alpha value is -0.570. The van der Waals surface area contributed by atoms with Gasteiger partial charge < -0.3 is 10.4 Å². The molecular formula is C17H31NO2. The quantitative estimate of drug-likeness (QED) is 0.831. The van der Waals surface area contributed by atoms with Crippen molar-refractivity contribution in [3.63, 3.8) is 0 Å². The molecule has 0 saturated heterocycles. The van der Waals surface area contributed by atoms with Crippen molar-refractivity contribution in [2.45, 2.75) is 77.7 Å². The summed E-state index contributed by atoms with van der Waals surface area (Å²) in [6, 6.07) is 0.349. The van der Waals surface area contributed by atoms with Gasteiger partial charge in [0.25, 0.3) is 0 Å². The molecule has 0 spiro atoms. The molecule has 0 aliphatic heterocycles. The summed E-state index contributed by atoms with van der Waals surface area (Å²) in [7, 11) is 0. The summed E-state index contributed by atoms with van der Waals surface area (Å²) in [6.07, 6.45) is 9.87. The number of amides is 1. The van der Waals surface area contributed by atoms with Gasteiger partial charge in [0.15, 0.2) is 0 Å². The fourth-order valence-corrected chi connectivity index (χ4v) is 4.07. The molecule has 0 bridgehead atoms. The molecule has 116 valence electrons. The molecule has 2 fully saturated rings. The van der Waals surface area contributed by atoms with Crippen LogP contribution in [0, 0.1) is 17.3 Å². The molecule has 0 aromatic rings. The average molecular weight is 281 g/mol. The summed E-state index contributed by atoms with van der Waals surface area (Å²) in [5, 5.41) is 12.4. The van der Waals surface area contributed by atoms with E-state index in [2.05, 4.69) is 19.2 Å². The van der Waals surface area contributed by atoms with Crippen molar-refractivity contribution < 1.29 is 9.90 Å². The van der Waals surface area contributed by atoms with Gasteiger partial charge in [-0.2, -0.15) is 0 Å². The van der Waals surface area contributed by atoms with Crippen LogP contribution in [0.1, 0.15) is 71.6 Å². The van der Waals surface area contributed by atoms with Crippen molar-refractivity contribution in [1.82, 2.24) is 5.32 Å². The second-order valence-corrected chi connectivity index (χ2v) is 7.80. The lowest BCUT2D eigenvalue weighted by atomic mass is 9.71. The minimum absolute atomic E-state index is 0.250. The molecular weight excluding hydrogens is 250 g/mol. The molecule has 20 heavy (non-hydrogen) atoms. The molecule has 3 heteroatoms. The Labute approximate surface area is 123 Å². The van der Waals surface area contributed by atoms with E-state index in [0.717, 1.165) is 25.7 Å². The molecule has 2 saturated carbocycles. The van der Waals surface area contributed by atoms with Gasteiger partial charge in [-0.05, 0) is 62.2 Å². The molecule has 2 rings (SSSR count). The van der Waals surface area contributed by atoms with Crippen LogP contribution in [0.3, 0.4) is 0 Å². The van der Waals surface area contributed by atoms with Crippen LogP contribution in [0.2, 0.25) is 0 Å². The summed E-state index contributed by atoms with van der Waals surface area (Å²) in [6.45, 7) is 4.96. The third-order valence-electron chi connectivity index (χ3n) is 5.25. The maximum absolute atomic E-state index is 12.2. The lowest BCUT2D eigenvalue weighted by Gasteiger charge is -2.35. The zero-order valence-electron chi connectivity index (χ0n) is 13.2. The van der Waals surface area contributed by atoms with Gasteiger partial charge in [-0.3, -0.25) is 4.79 Å². The van der Waals surface area contributed by atoms with Gasteiger partial charge >= 0.3 is 0 Å². The van der Waals surface area contributed by atoms with Crippen LogP contribution >= 0.6 is 0 Å². The number of hydrogen-bond acceptors (Lipinski definition) is 2. The first-order chi connectivity index (χ1) is 9.48. The molecule has 3 nitrogen and oxygen atoms in total. The van der Waals surface area contributed by atoms with Gasteiger partial charge in [0.05, 0.1) is 0 Å². The Morgan fingerprint density at radius 3 is 2.45 bits per heavy atom. The molecule has 2 aliphatic rings. The molecule has 1 atom stereocenters. The second-order valence-electron chi connectivity index (χ2n) is 7.80. The molecule has 2 N–H and O–H groups in total. The van der Waals surface area contributed by atoms with Crippen molar-refractivity contribution in [3.05, 3.63) is 0 Å². The van der Waals surface area contributed by atoms with Crippen LogP contribution in [-0.2, 0) is 4.79 Å². The highest BCUT2D eigenvalue weighted by Crippen LogP contribution is 2.39. The van der Waals surface area contributed by atoms with E-state index in [-0.39, 0.29) is 5.91 Å². The Bertz CT molecular complexity index is 319. The van der Waals surface area contributed by atoms with Gasteiger partial charge in [0.2, 0.25) is 5.91 Å². The van der Waals surface area contributed by atoms with Crippen molar-refractivity contribution in [2.24, 2.45) is 17.3 Å². The largest absolute Gasteiger partial charge is 0.396 e. The topological polar surface area (TPSA) is 49.3 Å². The third kappa shape index (κ3) is 4.76. The normalized spacial score (nSPS) is 33.6. The van der Waals surface area contributed by atoms with Gasteiger partial charge in [-0.1, -0.05) is 20.3 Å². The van der Waals surface area contributed by atoms with E-state index in [1.165, 1.54) is 25.7 Å². The summed E-state index contributed by atoms with van der Waals surface area (Å²) in [5.74, 6) is 1.29. The van der Waals surface area contributed by atoms with E-state index in [9.17, 15) is 4.79 Å². The fourth-order valence-electron chi connectivity index (χ4n) is 4.07. The number of aliphatic hydroxyl groups excluding tert-OH is 1. The Morgan fingerprint density at radius 1 is 1.15 bits per heavy atom. The van der Waals surface area contributed by atoms with Crippen molar-refractivity contribution in [2.75, 3.05) is 6.61 Å². The van der Waals surface area contributed by atoms with E-state index < -0.39 is 0 Å². The second kappa shape index (κ2) is 6.93. The number of hydrogen-bond donors (Lipinski definition) is 2. The van der Waals surface area contributed by atoms with Gasteiger partial charge in [-0.25, -0.2) is 0 Å². The van der Waals surface area contributed by atoms with E-state index in [0.29, 0.717) is 36.3 Å². The third-order valence-corrected chi connectivity index (χ3v) is 5.25. The first kappa shape index (κ1) is 15.8. The summed E-state index contributed by atoms with van der Waals surface area (Å²) in [4.78, 5) is 12.2. The van der Waals surface area contributed by atoms with E-state index in [1.54, 1.807) is 0 Å². The van der Waals surface area contributed by atoms with Gasteiger partial charge in [-0.15, -0.1) is 0 Å². The Morgan fingerprint density at radius 2 is 1.85 bits per heavy atom. The van der Waals surface area contributed by atoms with Crippen LogP contribution in [0.15, 0.2) is 0 Å². The summed E-state index contributed by atoms with van der Waals surface area (Å²) >= 11 is 0. The van der Waals surface area contributed by atoms with E-state index in [4.69, 9.17) is 5.11 Å². The number of nitrogens with one attached hydrogen (secondary N) is 1. The molecule has 1 amide bonds. The highest BCUT2D eigenvalue weighted by molar-refractivity contribution is 5.76. The van der Waals surface area contributed by atoms with Crippen LogP contribution in [-0.4, -0.2) is 23.7 Å². The van der Waals surface area contributed by atoms with Crippen molar-refractivity contribution in [3.8, 4) is 0 Å². The first-order valence-corrected chi connectivity index (χ1v) is 8.39. The first-order valence-electron chi connectivity index (χ1n) is 8.39. The molecule has 0 radical (unpaired) electrons. The maximum Gasteiger partial charge on any atom is 0.220 e. The van der Waals surface area contributed by atoms with Crippen molar-refractivity contribution >= 4 is 5.91 Å². The molecule has 0 aromatic carbocycles. The number of rotatable bonds is 4. The summed E-state index contributed by atoms with van der Waals surface area (Å²) in [5.41, 5.74) is 0.419. The molecule has 1 unspecified atom stereocenters. The number of carbonyl (C=O) groups is 1. The smallest absolute Gasteiger partial charge is 0.220 e. The maximum atomic E-state index is 12.2. The average Bonchev–Trinajstić information content (AvgIpc) is 2.38. The number of carbonyl (C=O) groups excluding carboxylic acids is 1. The zero-order chi connectivity index (χ0) is 14.6. The highest BCUT2D eigenvalue weighted by atomic mass is 16.3. The van der Waals surface area contributed by atoms with Crippen LogP contribution in [0.25, 0.3) is 0 Å². The van der Waals surface area contributed by atoms with Crippen molar-refractivity contribution in [1.29, 1.82) is 0 Å². The SMILES string of the molecule is CC1(C)CCCC(CC(=O)NC2CCC(CO)CC2)C1. The molecule has 0 heterocycles. The van der Waals surface area contributed by atoms with Crippen LogP contribution in [0.5, 0.6) is 0 Å². The minimum atomic E-state index is 0.250. The predicted molar refractivity (Wildman–Crippen MR) is 81.3 cm³/mol. The lowest BCUT2D eigenvalue weighted by Crippen LogP contribution is -2.39. The van der Waals surface area contributed by atoms with E-state index in [1.807, 2.05) is 0 Å². The van der Waals surface area contributed by atoms with Crippen LogP contribution < -0.4 is 5.32 Å². The fraction of sp³-hybridized carbons (Fsp3) is 0.941. The zero-order valence-corrected chi connectivity index (χ0v) is 13.2. The number of aliphatic hydroxyl groups is 1. The molecule has 2 aliphatic carbocycles. The Balaban J connectivity index is 1.70. The van der Waals surface area contributed by atoms with Gasteiger partial charge in [0, 0.05) is 19.1 Å². The molecule has 0 aromatic heterocycles. The van der Waals surface area contributed by atoms with E-state index >= 15 is 0 Å².